The summed E-state index contributed by atoms with van der Waals surface area (Å²) in [6, 6.07) is 11.2. The summed E-state index contributed by atoms with van der Waals surface area (Å²) in [7, 11) is 1.71. The number of benzene rings is 2. The smallest absolute Gasteiger partial charge is 0.253 e. The summed E-state index contributed by atoms with van der Waals surface area (Å²) in [6.45, 7) is 2.93. The van der Waals surface area contributed by atoms with Crippen molar-refractivity contribution in [2.75, 3.05) is 31.6 Å². The van der Waals surface area contributed by atoms with Gasteiger partial charge >= 0.3 is 0 Å². The van der Waals surface area contributed by atoms with Crippen LogP contribution in [0.5, 0.6) is 5.75 Å². The number of hydrogen-bond acceptors (Lipinski definition) is 3. The normalized spacial score (nSPS) is 12.7. The van der Waals surface area contributed by atoms with E-state index in [0.29, 0.717) is 31.0 Å². The second-order valence-corrected chi connectivity index (χ2v) is 6.29. The van der Waals surface area contributed by atoms with Gasteiger partial charge in [-0.1, -0.05) is 0 Å². The van der Waals surface area contributed by atoms with Gasteiger partial charge in [0, 0.05) is 31.8 Å². The molecule has 1 aliphatic heterocycles. The number of hydrogen-bond donors (Lipinski definition) is 0. The average molecular weight is 356 g/mol. The molecule has 0 saturated heterocycles. The molecular formula is C20H21FN2O3. The van der Waals surface area contributed by atoms with Crippen molar-refractivity contribution in [3.05, 3.63) is 59.4 Å². The lowest BCUT2D eigenvalue weighted by molar-refractivity contribution is -0.116. The molecule has 2 aromatic carbocycles. The monoisotopic (exact) mass is 356 g/mol. The van der Waals surface area contributed by atoms with E-state index in [9.17, 15) is 14.0 Å². The molecule has 0 aliphatic carbocycles. The van der Waals surface area contributed by atoms with Crippen LogP contribution in [-0.2, 0) is 11.2 Å². The van der Waals surface area contributed by atoms with Crippen molar-refractivity contribution in [3.8, 4) is 5.75 Å². The summed E-state index contributed by atoms with van der Waals surface area (Å²) in [5, 5.41) is 0. The first-order valence-electron chi connectivity index (χ1n) is 8.50. The number of ether oxygens (including phenoxy) is 1. The molecule has 1 aliphatic rings. The van der Waals surface area contributed by atoms with Crippen LogP contribution in [0.1, 0.15) is 22.8 Å². The second kappa shape index (κ2) is 7.56. The van der Waals surface area contributed by atoms with Crippen molar-refractivity contribution < 1.29 is 18.7 Å². The van der Waals surface area contributed by atoms with Crippen LogP contribution < -0.4 is 9.64 Å². The molecule has 1 heterocycles. The molecular weight excluding hydrogens is 335 g/mol. The topological polar surface area (TPSA) is 49.9 Å². The Morgan fingerprint density at radius 1 is 1.19 bits per heavy atom. The third-order valence-corrected chi connectivity index (χ3v) is 4.46. The molecule has 26 heavy (non-hydrogen) atoms. The van der Waals surface area contributed by atoms with Gasteiger partial charge in [0.1, 0.15) is 18.2 Å². The van der Waals surface area contributed by atoms with Crippen LogP contribution in [0.2, 0.25) is 0 Å². The van der Waals surface area contributed by atoms with Gasteiger partial charge in [0.2, 0.25) is 5.91 Å². The molecule has 2 amide bonds. The van der Waals surface area contributed by atoms with Gasteiger partial charge in [-0.15, -0.1) is 0 Å². The van der Waals surface area contributed by atoms with E-state index in [2.05, 4.69) is 0 Å². The van der Waals surface area contributed by atoms with Crippen molar-refractivity contribution >= 4 is 17.5 Å². The summed E-state index contributed by atoms with van der Waals surface area (Å²) < 4.78 is 18.4. The van der Waals surface area contributed by atoms with E-state index in [1.807, 2.05) is 12.1 Å². The summed E-state index contributed by atoms with van der Waals surface area (Å²) in [5.74, 6) is 0.161. The van der Waals surface area contributed by atoms with Gasteiger partial charge in [0.15, 0.2) is 0 Å². The fourth-order valence-corrected chi connectivity index (χ4v) is 3.02. The van der Waals surface area contributed by atoms with Crippen LogP contribution in [0.3, 0.4) is 0 Å². The number of nitrogens with zero attached hydrogens (tertiary/aromatic N) is 2. The molecule has 5 nitrogen and oxygen atoms in total. The quantitative estimate of drug-likeness (QED) is 0.828. The van der Waals surface area contributed by atoms with Crippen molar-refractivity contribution in [1.29, 1.82) is 0 Å². The number of carbonyl (C=O) groups excluding carboxylic acids is 2. The van der Waals surface area contributed by atoms with Crippen molar-refractivity contribution in [2.24, 2.45) is 0 Å². The molecule has 0 saturated carbocycles. The highest BCUT2D eigenvalue weighted by molar-refractivity contribution is 5.97. The SMILES string of the molecule is CC(=O)N1CCc2cc(C(=O)N(C)CCOc3ccc(F)cc3)ccc21. The van der Waals surface area contributed by atoms with Gasteiger partial charge in [-0.25, -0.2) is 4.39 Å². The lowest BCUT2D eigenvalue weighted by Gasteiger charge is -2.19. The first-order valence-corrected chi connectivity index (χ1v) is 8.50. The van der Waals surface area contributed by atoms with Crippen molar-refractivity contribution in [2.45, 2.75) is 13.3 Å². The van der Waals surface area contributed by atoms with E-state index in [-0.39, 0.29) is 17.6 Å². The number of anilines is 1. The molecule has 0 bridgehead atoms. The highest BCUT2D eigenvalue weighted by Gasteiger charge is 2.23. The van der Waals surface area contributed by atoms with Crippen LogP contribution in [0.25, 0.3) is 0 Å². The maximum Gasteiger partial charge on any atom is 0.253 e. The van der Waals surface area contributed by atoms with E-state index in [0.717, 1.165) is 17.7 Å². The average Bonchev–Trinajstić information content (AvgIpc) is 3.06. The molecule has 136 valence electrons. The molecule has 0 unspecified atom stereocenters. The van der Waals surface area contributed by atoms with Gasteiger partial charge in [-0.3, -0.25) is 9.59 Å². The highest BCUT2D eigenvalue weighted by Crippen LogP contribution is 2.29. The highest BCUT2D eigenvalue weighted by atomic mass is 19.1. The van der Waals surface area contributed by atoms with E-state index >= 15 is 0 Å². The van der Waals surface area contributed by atoms with E-state index < -0.39 is 0 Å². The lowest BCUT2D eigenvalue weighted by Crippen LogP contribution is -2.31. The second-order valence-electron chi connectivity index (χ2n) is 6.29. The Bertz CT molecular complexity index is 820. The maximum absolute atomic E-state index is 12.9. The van der Waals surface area contributed by atoms with Gasteiger partial charge in [-0.05, 0) is 54.4 Å². The number of rotatable bonds is 5. The van der Waals surface area contributed by atoms with Crippen LogP contribution in [0.4, 0.5) is 10.1 Å². The van der Waals surface area contributed by atoms with Crippen LogP contribution in [0.15, 0.2) is 42.5 Å². The number of likely N-dealkylation sites (N-methyl/N-ethyl adjacent to an activating group) is 1. The number of fused-ring (bicyclic) bond motifs is 1. The van der Waals surface area contributed by atoms with Crippen molar-refractivity contribution in [1.82, 2.24) is 4.90 Å². The zero-order valence-electron chi connectivity index (χ0n) is 14.9. The molecule has 0 N–H and O–H groups in total. The van der Waals surface area contributed by atoms with Crippen LogP contribution >= 0.6 is 0 Å². The number of halogens is 1. The standard InChI is InChI=1S/C20H21FN2O3/c1-14(24)23-10-9-15-13-16(3-8-19(15)23)20(25)22(2)11-12-26-18-6-4-17(21)5-7-18/h3-8,13H,9-12H2,1-2H3. The Balaban J connectivity index is 1.58. The van der Waals surface area contributed by atoms with E-state index in [1.165, 1.54) is 12.1 Å². The largest absolute Gasteiger partial charge is 0.492 e. The molecule has 2 aromatic rings. The van der Waals surface area contributed by atoms with Gasteiger partial charge in [-0.2, -0.15) is 0 Å². The first-order chi connectivity index (χ1) is 12.5. The summed E-state index contributed by atoms with van der Waals surface area (Å²) in [5.41, 5.74) is 2.50. The molecule has 0 radical (unpaired) electrons. The summed E-state index contributed by atoms with van der Waals surface area (Å²) >= 11 is 0. The Morgan fingerprint density at radius 3 is 2.62 bits per heavy atom. The third kappa shape index (κ3) is 3.85. The first kappa shape index (κ1) is 17.9. The summed E-state index contributed by atoms with van der Waals surface area (Å²) in [6.07, 6.45) is 0.757. The Kier molecular flexibility index (Phi) is 5.21. The van der Waals surface area contributed by atoms with Crippen molar-refractivity contribution in [3.63, 3.8) is 0 Å². The molecule has 0 spiro atoms. The zero-order chi connectivity index (χ0) is 18.7. The lowest BCUT2D eigenvalue weighted by atomic mass is 10.1. The molecule has 0 fully saturated rings. The Hall–Kier alpha value is -2.89. The predicted octanol–water partition coefficient (Wildman–Crippen LogP) is 2.89. The van der Waals surface area contributed by atoms with Crippen LogP contribution in [0, 0.1) is 5.82 Å². The number of carbonyl (C=O) groups is 2. The molecule has 3 rings (SSSR count). The fourth-order valence-electron chi connectivity index (χ4n) is 3.02. The minimum atomic E-state index is -0.315. The minimum Gasteiger partial charge on any atom is -0.492 e. The minimum absolute atomic E-state index is 0.0119. The molecule has 6 heteroatoms. The third-order valence-electron chi connectivity index (χ3n) is 4.46. The fraction of sp³-hybridized carbons (Fsp3) is 0.300. The Labute approximate surface area is 152 Å². The van der Waals surface area contributed by atoms with Gasteiger partial charge < -0.3 is 14.5 Å². The Morgan fingerprint density at radius 2 is 1.92 bits per heavy atom. The maximum atomic E-state index is 12.9. The van der Waals surface area contributed by atoms with Gasteiger partial charge in [0.05, 0.1) is 6.54 Å². The van der Waals surface area contributed by atoms with Gasteiger partial charge in [0.25, 0.3) is 5.91 Å². The van der Waals surface area contributed by atoms with E-state index in [1.54, 1.807) is 42.0 Å². The molecule has 0 aromatic heterocycles. The number of amides is 2. The zero-order valence-corrected chi connectivity index (χ0v) is 14.9. The molecule has 0 atom stereocenters. The summed E-state index contributed by atoms with van der Waals surface area (Å²) in [4.78, 5) is 27.5. The predicted molar refractivity (Wildman–Crippen MR) is 97.0 cm³/mol. The van der Waals surface area contributed by atoms with E-state index in [4.69, 9.17) is 4.74 Å². The van der Waals surface area contributed by atoms with Crippen LogP contribution in [-0.4, -0.2) is 43.5 Å².